The summed E-state index contributed by atoms with van der Waals surface area (Å²) in [5.74, 6) is 0. The molecule has 0 aliphatic rings. The summed E-state index contributed by atoms with van der Waals surface area (Å²) >= 11 is 2.35. The van der Waals surface area contributed by atoms with E-state index in [2.05, 4.69) is 67.6 Å². The van der Waals surface area contributed by atoms with E-state index in [4.69, 9.17) is 0 Å². The first-order valence-electron chi connectivity index (χ1n) is 5.22. The van der Waals surface area contributed by atoms with Gasteiger partial charge in [0.2, 0.25) is 0 Å². The highest BCUT2D eigenvalue weighted by Crippen LogP contribution is 2.22. The average Bonchev–Trinajstić information content (AvgIpc) is 2.06. The highest BCUT2D eigenvalue weighted by molar-refractivity contribution is 14.1. The van der Waals surface area contributed by atoms with Crippen molar-refractivity contribution < 1.29 is 0 Å². The lowest BCUT2D eigenvalue weighted by Crippen LogP contribution is -2.04. The fraction of sp³-hybridized carbons (Fsp3) is 0.538. The molecule has 0 aliphatic heterocycles. The standard InChI is InChI=1S/C13H19I/c1-13(2,3)10-4-5-11-6-8-12(14)9-7-11/h6-9H,4-5,10H2,1-3H3. The molecule has 0 heterocycles. The summed E-state index contributed by atoms with van der Waals surface area (Å²) in [6, 6.07) is 8.86. The van der Waals surface area contributed by atoms with Crippen molar-refractivity contribution in [3.05, 3.63) is 33.4 Å². The molecule has 0 fully saturated rings. The van der Waals surface area contributed by atoms with Crippen LogP contribution in [0.5, 0.6) is 0 Å². The van der Waals surface area contributed by atoms with E-state index in [1.807, 2.05) is 0 Å². The summed E-state index contributed by atoms with van der Waals surface area (Å²) in [4.78, 5) is 0. The quantitative estimate of drug-likeness (QED) is 0.712. The maximum atomic E-state index is 2.35. The van der Waals surface area contributed by atoms with Crippen molar-refractivity contribution in [3.8, 4) is 0 Å². The molecule has 0 bridgehead atoms. The minimum absolute atomic E-state index is 0.475. The Hall–Kier alpha value is -0.0500. The fourth-order valence-electron chi connectivity index (χ4n) is 1.47. The summed E-state index contributed by atoms with van der Waals surface area (Å²) in [7, 11) is 0. The smallest absolute Gasteiger partial charge is 0.0130 e. The molecule has 0 saturated carbocycles. The van der Waals surface area contributed by atoms with Crippen molar-refractivity contribution in [2.75, 3.05) is 0 Å². The molecule has 0 atom stereocenters. The second-order valence-electron chi connectivity index (χ2n) is 5.04. The van der Waals surface area contributed by atoms with E-state index in [0.717, 1.165) is 0 Å². The molecule has 1 aromatic carbocycles. The number of hydrogen-bond donors (Lipinski definition) is 0. The maximum absolute atomic E-state index is 2.35. The molecule has 0 aromatic heterocycles. The Morgan fingerprint density at radius 2 is 1.64 bits per heavy atom. The van der Waals surface area contributed by atoms with Gasteiger partial charge in [0.15, 0.2) is 0 Å². The molecule has 0 aliphatic carbocycles. The molecule has 0 nitrogen and oxygen atoms in total. The molecule has 0 radical (unpaired) electrons. The van der Waals surface area contributed by atoms with Crippen LogP contribution < -0.4 is 0 Å². The van der Waals surface area contributed by atoms with Crippen LogP contribution >= 0.6 is 22.6 Å². The Bertz CT molecular complexity index is 266. The first-order valence-corrected chi connectivity index (χ1v) is 6.30. The van der Waals surface area contributed by atoms with Crippen molar-refractivity contribution >= 4 is 22.6 Å². The van der Waals surface area contributed by atoms with E-state index in [9.17, 15) is 0 Å². The summed E-state index contributed by atoms with van der Waals surface area (Å²) in [6.45, 7) is 6.92. The minimum Gasteiger partial charge on any atom is -0.0602 e. The number of rotatable bonds is 3. The summed E-state index contributed by atoms with van der Waals surface area (Å²) < 4.78 is 1.32. The first kappa shape index (κ1) is 12.0. The predicted octanol–water partition coefficient (Wildman–Crippen LogP) is 4.66. The zero-order valence-corrected chi connectivity index (χ0v) is 11.5. The molecule has 0 amide bonds. The molecule has 14 heavy (non-hydrogen) atoms. The van der Waals surface area contributed by atoms with Gasteiger partial charge in [-0.1, -0.05) is 32.9 Å². The van der Waals surface area contributed by atoms with Crippen LogP contribution in [0.3, 0.4) is 0 Å². The van der Waals surface area contributed by atoms with Crippen molar-refractivity contribution in [3.63, 3.8) is 0 Å². The van der Waals surface area contributed by atoms with Crippen LogP contribution in [0.4, 0.5) is 0 Å². The monoisotopic (exact) mass is 302 g/mol. The molecule has 0 N–H and O–H groups in total. The number of aryl methyl sites for hydroxylation is 1. The van der Waals surface area contributed by atoms with E-state index >= 15 is 0 Å². The third-order valence-electron chi connectivity index (χ3n) is 2.31. The van der Waals surface area contributed by atoms with Crippen molar-refractivity contribution in [2.45, 2.75) is 40.0 Å². The molecule has 1 heteroatoms. The molecule has 0 saturated heterocycles. The molecular weight excluding hydrogens is 283 g/mol. The van der Waals surface area contributed by atoms with Crippen LogP contribution in [0.25, 0.3) is 0 Å². The van der Waals surface area contributed by atoms with E-state index in [-0.39, 0.29) is 0 Å². The van der Waals surface area contributed by atoms with Gasteiger partial charge in [-0.25, -0.2) is 0 Å². The minimum atomic E-state index is 0.475. The molecule has 78 valence electrons. The lowest BCUT2D eigenvalue weighted by Gasteiger charge is -2.17. The Morgan fingerprint density at radius 1 is 1.07 bits per heavy atom. The van der Waals surface area contributed by atoms with Gasteiger partial charge >= 0.3 is 0 Å². The second kappa shape index (κ2) is 5.15. The molecule has 1 rings (SSSR count). The van der Waals surface area contributed by atoms with E-state index < -0.39 is 0 Å². The predicted molar refractivity (Wildman–Crippen MR) is 71.6 cm³/mol. The Balaban J connectivity index is 2.35. The van der Waals surface area contributed by atoms with E-state index in [0.29, 0.717) is 5.41 Å². The second-order valence-corrected chi connectivity index (χ2v) is 6.29. The number of hydrogen-bond acceptors (Lipinski definition) is 0. The normalized spacial score (nSPS) is 11.7. The van der Waals surface area contributed by atoms with Gasteiger partial charge in [-0.15, -0.1) is 0 Å². The van der Waals surface area contributed by atoms with Gasteiger partial charge in [-0.3, -0.25) is 0 Å². The molecular formula is C13H19I. The first-order chi connectivity index (χ1) is 6.47. The number of halogens is 1. The van der Waals surface area contributed by atoms with Gasteiger partial charge in [0.05, 0.1) is 0 Å². The third-order valence-corrected chi connectivity index (χ3v) is 3.02. The Kier molecular flexibility index (Phi) is 4.42. The number of benzene rings is 1. The Morgan fingerprint density at radius 3 is 2.14 bits per heavy atom. The van der Waals surface area contributed by atoms with Crippen LogP contribution in [-0.4, -0.2) is 0 Å². The van der Waals surface area contributed by atoms with Crippen LogP contribution in [0.15, 0.2) is 24.3 Å². The van der Waals surface area contributed by atoms with Crippen LogP contribution in [-0.2, 0) is 6.42 Å². The van der Waals surface area contributed by atoms with Crippen LogP contribution in [0, 0.1) is 8.99 Å². The van der Waals surface area contributed by atoms with Crippen LogP contribution in [0.2, 0.25) is 0 Å². The highest BCUT2D eigenvalue weighted by atomic mass is 127. The van der Waals surface area contributed by atoms with Crippen LogP contribution in [0.1, 0.15) is 39.2 Å². The zero-order valence-electron chi connectivity index (χ0n) is 9.31. The molecule has 0 spiro atoms. The lowest BCUT2D eigenvalue weighted by atomic mass is 9.89. The average molecular weight is 302 g/mol. The van der Waals surface area contributed by atoms with Crippen molar-refractivity contribution in [2.24, 2.45) is 5.41 Å². The van der Waals surface area contributed by atoms with Gasteiger partial charge in [0.25, 0.3) is 0 Å². The maximum Gasteiger partial charge on any atom is 0.0130 e. The van der Waals surface area contributed by atoms with Crippen molar-refractivity contribution in [1.82, 2.24) is 0 Å². The van der Waals surface area contributed by atoms with E-state index in [1.54, 1.807) is 0 Å². The van der Waals surface area contributed by atoms with Gasteiger partial charge in [-0.05, 0) is 65.0 Å². The Labute approximate surface area is 101 Å². The SMILES string of the molecule is CC(C)(C)CCCc1ccc(I)cc1. The summed E-state index contributed by atoms with van der Waals surface area (Å²) in [5.41, 5.74) is 1.94. The molecule has 1 aromatic rings. The van der Waals surface area contributed by atoms with Gasteiger partial charge in [0, 0.05) is 3.57 Å². The highest BCUT2D eigenvalue weighted by Gasteiger charge is 2.08. The van der Waals surface area contributed by atoms with E-state index in [1.165, 1.54) is 28.4 Å². The van der Waals surface area contributed by atoms with Gasteiger partial charge in [-0.2, -0.15) is 0 Å². The lowest BCUT2D eigenvalue weighted by molar-refractivity contribution is 0.365. The fourth-order valence-corrected chi connectivity index (χ4v) is 1.83. The third kappa shape index (κ3) is 4.99. The van der Waals surface area contributed by atoms with Gasteiger partial charge < -0.3 is 0 Å². The zero-order chi connectivity index (χ0) is 10.6. The summed E-state index contributed by atoms with van der Waals surface area (Å²) in [5, 5.41) is 0. The van der Waals surface area contributed by atoms with Gasteiger partial charge in [0.1, 0.15) is 0 Å². The largest absolute Gasteiger partial charge is 0.0602 e. The molecule has 0 unspecified atom stereocenters. The summed E-state index contributed by atoms with van der Waals surface area (Å²) in [6.07, 6.45) is 3.82. The van der Waals surface area contributed by atoms with Crippen molar-refractivity contribution in [1.29, 1.82) is 0 Å². The topological polar surface area (TPSA) is 0 Å².